The van der Waals surface area contributed by atoms with Crippen molar-refractivity contribution < 1.29 is 4.79 Å². The fraction of sp³-hybridized carbons (Fsp3) is 0.267. The van der Waals surface area contributed by atoms with Crippen LogP contribution in [0.3, 0.4) is 0 Å². The molecule has 2 aromatic rings. The minimum atomic E-state index is 0.0537. The molecule has 0 N–H and O–H groups in total. The van der Waals surface area contributed by atoms with E-state index < -0.39 is 0 Å². The second kappa shape index (κ2) is 5.37. The number of benzene rings is 1. The van der Waals surface area contributed by atoms with Crippen LogP contribution >= 0.6 is 27.3 Å². The molecule has 18 heavy (non-hydrogen) atoms. The summed E-state index contributed by atoms with van der Waals surface area (Å²) in [7, 11) is 0. The van der Waals surface area contributed by atoms with Crippen LogP contribution in [-0.4, -0.2) is 5.78 Å². The van der Waals surface area contributed by atoms with E-state index in [1.165, 1.54) is 5.56 Å². The number of carbonyl (C=O) groups excluding carboxylic acids is 1. The quantitative estimate of drug-likeness (QED) is 0.698. The molecule has 0 saturated carbocycles. The zero-order valence-corrected chi connectivity index (χ0v) is 13.1. The van der Waals surface area contributed by atoms with Crippen LogP contribution in [-0.2, 0) is 0 Å². The van der Waals surface area contributed by atoms with E-state index in [-0.39, 0.29) is 11.7 Å². The molecule has 2 rings (SSSR count). The summed E-state index contributed by atoms with van der Waals surface area (Å²) in [6.07, 6.45) is 0. The molecule has 1 aromatic carbocycles. The molecular formula is C15H15BrOS. The molecule has 1 nitrogen and oxygen atoms in total. The highest BCUT2D eigenvalue weighted by Gasteiger charge is 2.14. The molecule has 1 heterocycles. The number of halogens is 1. The van der Waals surface area contributed by atoms with Crippen LogP contribution in [0.25, 0.3) is 10.4 Å². The van der Waals surface area contributed by atoms with Gasteiger partial charge in [-0.2, -0.15) is 0 Å². The Kier molecular flexibility index (Phi) is 4.03. The van der Waals surface area contributed by atoms with E-state index in [9.17, 15) is 4.79 Å². The van der Waals surface area contributed by atoms with Gasteiger partial charge in [0, 0.05) is 20.8 Å². The molecule has 0 aliphatic heterocycles. The average molecular weight is 323 g/mol. The lowest BCUT2D eigenvalue weighted by atomic mass is 10.1. The van der Waals surface area contributed by atoms with Crippen molar-refractivity contribution in [3.63, 3.8) is 0 Å². The van der Waals surface area contributed by atoms with Gasteiger partial charge in [0.05, 0.1) is 4.88 Å². The van der Waals surface area contributed by atoms with Crippen LogP contribution in [0.4, 0.5) is 0 Å². The lowest BCUT2D eigenvalue weighted by Gasteiger charge is -2.03. The van der Waals surface area contributed by atoms with E-state index in [1.54, 1.807) is 11.3 Å². The van der Waals surface area contributed by atoms with Crippen molar-refractivity contribution in [2.75, 3.05) is 0 Å². The van der Waals surface area contributed by atoms with Crippen molar-refractivity contribution in [3.05, 3.63) is 45.2 Å². The zero-order chi connectivity index (χ0) is 13.3. The van der Waals surface area contributed by atoms with Crippen molar-refractivity contribution in [3.8, 4) is 10.4 Å². The third-order valence-electron chi connectivity index (χ3n) is 2.76. The molecule has 0 amide bonds. The maximum atomic E-state index is 11.9. The lowest BCUT2D eigenvalue weighted by molar-refractivity contribution is 0.0943. The third kappa shape index (κ3) is 2.73. The van der Waals surface area contributed by atoms with E-state index in [0.29, 0.717) is 0 Å². The molecule has 0 saturated heterocycles. The maximum Gasteiger partial charge on any atom is 0.175 e. The molecule has 0 unspecified atom stereocenters. The lowest BCUT2D eigenvalue weighted by Crippen LogP contribution is -2.04. The summed E-state index contributed by atoms with van der Waals surface area (Å²) < 4.78 is 1.08. The van der Waals surface area contributed by atoms with Gasteiger partial charge in [-0.25, -0.2) is 0 Å². The Bertz CT molecular complexity index is 584. The molecule has 1 aromatic heterocycles. The first-order valence-electron chi connectivity index (χ1n) is 5.89. The SMILES string of the molecule is Cc1ccc(-c2ccc(C(=O)C(C)C)s2)c(Br)c1. The number of ketones is 1. The van der Waals surface area contributed by atoms with Gasteiger partial charge in [0.25, 0.3) is 0 Å². The van der Waals surface area contributed by atoms with Crippen LogP contribution in [0.2, 0.25) is 0 Å². The third-order valence-corrected chi connectivity index (χ3v) is 4.55. The Morgan fingerprint density at radius 3 is 2.56 bits per heavy atom. The van der Waals surface area contributed by atoms with Crippen molar-refractivity contribution in [1.82, 2.24) is 0 Å². The van der Waals surface area contributed by atoms with Crippen LogP contribution in [0.15, 0.2) is 34.8 Å². The van der Waals surface area contributed by atoms with Gasteiger partial charge in [-0.3, -0.25) is 4.79 Å². The van der Waals surface area contributed by atoms with E-state index in [0.717, 1.165) is 19.8 Å². The number of carbonyl (C=O) groups is 1. The normalized spacial score (nSPS) is 10.9. The van der Waals surface area contributed by atoms with Crippen molar-refractivity contribution in [2.45, 2.75) is 20.8 Å². The number of hydrogen-bond donors (Lipinski definition) is 0. The molecule has 3 heteroatoms. The van der Waals surface area contributed by atoms with Crippen LogP contribution in [0.5, 0.6) is 0 Å². The second-order valence-electron chi connectivity index (χ2n) is 4.67. The van der Waals surface area contributed by atoms with Crippen LogP contribution in [0, 0.1) is 12.8 Å². The van der Waals surface area contributed by atoms with Crippen LogP contribution < -0.4 is 0 Å². The summed E-state index contributed by atoms with van der Waals surface area (Å²) in [4.78, 5) is 13.9. The highest BCUT2D eigenvalue weighted by atomic mass is 79.9. The monoisotopic (exact) mass is 322 g/mol. The molecule has 0 radical (unpaired) electrons. The predicted molar refractivity (Wildman–Crippen MR) is 81.4 cm³/mol. The molecule has 0 bridgehead atoms. The van der Waals surface area contributed by atoms with Gasteiger partial charge in [0.15, 0.2) is 5.78 Å². The number of hydrogen-bond acceptors (Lipinski definition) is 2. The molecule has 0 fully saturated rings. The molecular weight excluding hydrogens is 308 g/mol. The molecule has 0 aliphatic carbocycles. The van der Waals surface area contributed by atoms with Gasteiger partial charge in [-0.1, -0.05) is 41.9 Å². The Hall–Kier alpha value is -0.930. The average Bonchev–Trinajstić information content (AvgIpc) is 2.77. The highest BCUT2D eigenvalue weighted by Crippen LogP contribution is 2.34. The first kappa shape index (κ1) is 13.5. The van der Waals surface area contributed by atoms with Gasteiger partial charge in [-0.05, 0) is 30.7 Å². The number of thiophene rings is 1. The molecule has 94 valence electrons. The topological polar surface area (TPSA) is 17.1 Å². The van der Waals surface area contributed by atoms with Gasteiger partial charge in [-0.15, -0.1) is 11.3 Å². The number of aryl methyl sites for hydroxylation is 1. The van der Waals surface area contributed by atoms with Crippen LogP contribution in [0.1, 0.15) is 29.1 Å². The summed E-state index contributed by atoms with van der Waals surface area (Å²) in [6, 6.07) is 10.2. The first-order chi connectivity index (χ1) is 8.49. The van der Waals surface area contributed by atoms with Crippen molar-refractivity contribution >= 4 is 33.0 Å². The van der Waals surface area contributed by atoms with E-state index in [2.05, 4.69) is 41.1 Å². The summed E-state index contributed by atoms with van der Waals surface area (Å²) in [5.41, 5.74) is 2.37. The van der Waals surface area contributed by atoms with E-state index in [1.807, 2.05) is 26.0 Å². The molecule has 0 atom stereocenters. The molecule has 0 aliphatic rings. The fourth-order valence-electron chi connectivity index (χ4n) is 1.72. The largest absolute Gasteiger partial charge is 0.293 e. The fourth-order valence-corrected chi connectivity index (χ4v) is 3.69. The van der Waals surface area contributed by atoms with Crippen molar-refractivity contribution in [1.29, 1.82) is 0 Å². The number of rotatable bonds is 3. The Labute approximate surface area is 120 Å². The maximum absolute atomic E-state index is 11.9. The predicted octanol–water partition coefficient (Wildman–Crippen LogP) is 5.32. The minimum Gasteiger partial charge on any atom is -0.293 e. The summed E-state index contributed by atoms with van der Waals surface area (Å²) in [5.74, 6) is 0.271. The standard InChI is InChI=1S/C15H15BrOS/c1-9(2)15(17)14-7-6-13(18-14)11-5-4-10(3)8-12(11)16/h4-9H,1-3H3. The second-order valence-corrected chi connectivity index (χ2v) is 6.60. The summed E-state index contributed by atoms with van der Waals surface area (Å²) in [6.45, 7) is 5.93. The molecule has 0 spiro atoms. The van der Waals surface area contributed by atoms with E-state index >= 15 is 0 Å². The minimum absolute atomic E-state index is 0.0537. The Morgan fingerprint density at radius 2 is 1.94 bits per heavy atom. The smallest absolute Gasteiger partial charge is 0.175 e. The van der Waals surface area contributed by atoms with Gasteiger partial charge >= 0.3 is 0 Å². The number of Topliss-reactive ketones (excluding diaryl/α,β-unsaturated/α-hetero) is 1. The van der Waals surface area contributed by atoms with E-state index in [4.69, 9.17) is 0 Å². The summed E-state index contributed by atoms with van der Waals surface area (Å²) in [5, 5.41) is 0. The van der Waals surface area contributed by atoms with Gasteiger partial charge in [0.1, 0.15) is 0 Å². The summed E-state index contributed by atoms with van der Waals surface area (Å²) >= 11 is 5.14. The highest BCUT2D eigenvalue weighted by molar-refractivity contribution is 9.10. The Balaban J connectivity index is 2.38. The van der Waals surface area contributed by atoms with Crippen molar-refractivity contribution in [2.24, 2.45) is 5.92 Å². The first-order valence-corrected chi connectivity index (χ1v) is 7.50. The Morgan fingerprint density at radius 1 is 1.22 bits per heavy atom. The van der Waals surface area contributed by atoms with Gasteiger partial charge in [0.2, 0.25) is 0 Å². The zero-order valence-electron chi connectivity index (χ0n) is 10.7. The van der Waals surface area contributed by atoms with Gasteiger partial charge < -0.3 is 0 Å².